The maximum Gasteiger partial charge on any atom is 0.244 e. The highest BCUT2D eigenvalue weighted by Crippen LogP contribution is 2.28. The van der Waals surface area contributed by atoms with Gasteiger partial charge >= 0.3 is 0 Å². The van der Waals surface area contributed by atoms with E-state index in [-0.39, 0.29) is 37.3 Å². The zero-order chi connectivity index (χ0) is 18.4. The van der Waals surface area contributed by atoms with E-state index in [2.05, 4.69) is 17.4 Å². The Labute approximate surface area is 165 Å². The average molecular weight is 389 g/mol. The second-order valence-corrected chi connectivity index (χ2v) is 6.35. The lowest BCUT2D eigenvalue weighted by Gasteiger charge is -2.31. The van der Waals surface area contributed by atoms with Crippen LogP contribution in [-0.2, 0) is 16.0 Å². The van der Waals surface area contributed by atoms with Gasteiger partial charge in [-0.25, -0.2) is 0 Å². The van der Waals surface area contributed by atoms with E-state index in [9.17, 15) is 9.59 Å². The van der Waals surface area contributed by atoms with Crippen LogP contribution in [-0.4, -0.2) is 49.4 Å². The van der Waals surface area contributed by atoms with Crippen molar-refractivity contribution >= 4 is 35.6 Å². The molecule has 3 rings (SSSR count). The molecule has 0 aromatic heterocycles. The molecule has 2 aromatic rings. The van der Waals surface area contributed by atoms with E-state index in [1.807, 2.05) is 41.3 Å². The molecule has 0 fully saturated rings. The molecule has 7 heteroatoms. The van der Waals surface area contributed by atoms with Crippen molar-refractivity contribution < 1.29 is 9.59 Å². The highest BCUT2D eigenvalue weighted by atomic mass is 35.5. The number of halogens is 1. The molecular formula is C20H25ClN4O2. The zero-order valence-electron chi connectivity index (χ0n) is 15.1. The summed E-state index contributed by atoms with van der Waals surface area (Å²) in [5.41, 5.74) is 8.36. The van der Waals surface area contributed by atoms with Gasteiger partial charge in [-0.15, -0.1) is 12.4 Å². The first-order valence-corrected chi connectivity index (χ1v) is 8.83. The second kappa shape index (κ2) is 10.1. The molecule has 3 N–H and O–H groups in total. The van der Waals surface area contributed by atoms with Gasteiger partial charge in [0.15, 0.2) is 0 Å². The Kier molecular flexibility index (Phi) is 7.79. The standard InChI is InChI=1S/C20H24N4O2.ClH/c21-11-13-23(12-10-16-6-2-1-3-7-16)15-20(26)24-14-19(25)22-17-8-4-5-9-18(17)24;/h1-9H,10-15,21H2,(H,22,25);1H. The van der Waals surface area contributed by atoms with Crippen molar-refractivity contribution in [3.63, 3.8) is 0 Å². The van der Waals surface area contributed by atoms with Gasteiger partial charge in [-0.1, -0.05) is 42.5 Å². The molecule has 0 bridgehead atoms. The summed E-state index contributed by atoms with van der Waals surface area (Å²) in [7, 11) is 0. The van der Waals surface area contributed by atoms with Gasteiger partial charge in [-0.3, -0.25) is 19.4 Å². The van der Waals surface area contributed by atoms with Crippen LogP contribution < -0.4 is 16.0 Å². The topological polar surface area (TPSA) is 78.7 Å². The van der Waals surface area contributed by atoms with Crippen LogP contribution in [0.4, 0.5) is 11.4 Å². The molecule has 27 heavy (non-hydrogen) atoms. The summed E-state index contributed by atoms with van der Waals surface area (Å²) >= 11 is 0. The first-order chi connectivity index (χ1) is 12.7. The maximum absolute atomic E-state index is 12.9. The van der Waals surface area contributed by atoms with Crippen molar-refractivity contribution in [2.45, 2.75) is 6.42 Å². The Hall–Kier alpha value is -2.41. The third-order valence-electron chi connectivity index (χ3n) is 4.44. The minimum Gasteiger partial charge on any atom is -0.329 e. The normalized spacial score (nSPS) is 13.0. The van der Waals surface area contributed by atoms with Crippen molar-refractivity contribution in [3.8, 4) is 0 Å². The van der Waals surface area contributed by atoms with Gasteiger partial charge in [0.1, 0.15) is 6.54 Å². The Morgan fingerprint density at radius 1 is 1.07 bits per heavy atom. The zero-order valence-corrected chi connectivity index (χ0v) is 16.0. The summed E-state index contributed by atoms with van der Waals surface area (Å²) in [5.74, 6) is -0.263. The molecule has 0 spiro atoms. The summed E-state index contributed by atoms with van der Waals surface area (Å²) < 4.78 is 0. The lowest BCUT2D eigenvalue weighted by atomic mass is 10.1. The van der Waals surface area contributed by atoms with Crippen LogP contribution in [0, 0.1) is 0 Å². The van der Waals surface area contributed by atoms with Crippen molar-refractivity contribution in [2.75, 3.05) is 42.9 Å². The molecule has 1 aliphatic heterocycles. The minimum atomic E-state index is -0.174. The van der Waals surface area contributed by atoms with Crippen molar-refractivity contribution in [3.05, 3.63) is 60.2 Å². The second-order valence-electron chi connectivity index (χ2n) is 6.35. The van der Waals surface area contributed by atoms with E-state index >= 15 is 0 Å². The number of anilines is 2. The number of fused-ring (bicyclic) bond motifs is 1. The van der Waals surface area contributed by atoms with Gasteiger partial charge in [-0.05, 0) is 24.1 Å². The van der Waals surface area contributed by atoms with Gasteiger partial charge in [0.2, 0.25) is 11.8 Å². The lowest BCUT2D eigenvalue weighted by Crippen LogP contribution is -2.47. The Morgan fingerprint density at radius 3 is 2.52 bits per heavy atom. The summed E-state index contributed by atoms with van der Waals surface area (Å²) in [6, 6.07) is 17.5. The molecule has 2 aromatic carbocycles. The van der Waals surface area contributed by atoms with Gasteiger partial charge in [0.05, 0.1) is 17.9 Å². The Morgan fingerprint density at radius 2 is 1.78 bits per heavy atom. The molecule has 0 unspecified atom stereocenters. The molecule has 0 radical (unpaired) electrons. The number of rotatable bonds is 7. The molecule has 0 saturated carbocycles. The van der Waals surface area contributed by atoms with Crippen LogP contribution in [0.1, 0.15) is 5.56 Å². The van der Waals surface area contributed by atoms with Gasteiger partial charge in [0.25, 0.3) is 0 Å². The predicted molar refractivity (Wildman–Crippen MR) is 110 cm³/mol. The summed E-state index contributed by atoms with van der Waals surface area (Å²) in [4.78, 5) is 28.4. The van der Waals surface area contributed by atoms with Crippen molar-refractivity contribution in [2.24, 2.45) is 5.73 Å². The van der Waals surface area contributed by atoms with Crippen LogP contribution in [0.25, 0.3) is 0 Å². The van der Waals surface area contributed by atoms with E-state index in [0.29, 0.717) is 18.8 Å². The molecule has 144 valence electrons. The quantitative estimate of drug-likeness (QED) is 0.759. The summed E-state index contributed by atoms with van der Waals surface area (Å²) in [5, 5.41) is 2.80. The fraction of sp³-hybridized carbons (Fsp3) is 0.300. The molecule has 0 aliphatic carbocycles. The smallest absolute Gasteiger partial charge is 0.244 e. The van der Waals surface area contributed by atoms with Gasteiger partial charge in [-0.2, -0.15) is 0 Å². The third kappa shape index (κ3) is 5.53. The van der Waals surface area contributed by atoms with E-state index < -0.39 is 0 Å². The average Bonchev–Trinajstić information content (AvgIpc) is 2.66. The number of nitrogens with one attached hydrogen (secondary N) is 1. The molecule has 6 nitrogen and oxygen atoms in total. The van der Waals surface area contributed by atoms with Gasteiger partial charge < -0.3 is 11.1 Å². The van der Waals surface area contributed by atoms with E-state index in [4.69, 9.17) is 5.73 Å². The molecule has 0 atom stereocenters. The molecule has 1 heterocycles. The number of nitrogens with zero attached hydrogens (tertiary/aromatic N) is 2. The van der Waals surface area contributed by atoms with Crippen molar-refractivity contribution in [1.82, 2.24) is 4.90 Å². The van der Waals surface area contributed by atoms with Crippen LogP contribution in [0.5, 0.6) is 0 Å². The molecular weight excluding hydrogens is 364 g/mol. The third-order valence-corrected chi connectivity index (χ3v) is 4.44. The van der Waals surface area contributed by atoms with Crippen LogP contribution >= 0.6 is 12.4 Å². The number of hydrogen-bond acceptors (Lipinski definition) is 4. The number of carbonyl (C=O) groups is 2. The van der Waals surface area contributed by atoms with Crippen molar-refractivity contribution in [1.29, 1.82) is 0 Å². The first-order valence-electron chi connectivity index (χ1n) is 8.83. The number of amides is 2. The number of benzene rings is 2. The van der Waals surface area contributed by atoms with Gasteiger partial charge in [0, 0.05) is 19.6 Å². The molecule has 0 saturated heterocycles. The fourth-order valence-electron chi connectivity index (χ4n) is 3.12. The van der Waals surface area contributed by atoms with E-state index in [0.717, 1.165) is 18.7 Å². The maximum atomic E-state index is 12.9. The summed E-state index contributed by atoms with van der Waals surface area (Å²) in [6.07, 6.45) is 0.852. The highest BCUT2D eigenvalue weighted by Gasteiger charge is 2.27. The summed E-state index contributed by atoms with van der Waals surface area (Å²) in [6.45, 7) is 2.16. The van der Waals surface area contributed by atoms with Crippen LogP contribution in [0.15, 0.2) is 54.6 Å². The predicted octanol–water partition coefficient (Wildman–Crippen LogP) is 1.90. The highest BCUT2D eigenvalue weighted by molar-refractivity contribution is 6.10. The molecule has 1 aliphatic rings. The Balaban J connectivity index is 0.00000261. The van der Waals surface area contributed by atoms with E-state index in [1.165, 1.54) is 5.56 Å². The first kappa shape index (κ1) is 20.9. The number of carbonyl (C=O) groups excluding carboxylic acids is 2. The lowest BCUT2D eigenvalue weighted by molar-refractivity contribution is -0.122. The largest absolute Gasteiger partial charge is 0.329 e. The Bertz CT molecular complexity index is 770. The number of para-hydroxylation sites is 2. The SMILES string of the molecule is Cl.NCCN(CCc1ccccc1)CC(=O)N1CC(=O)Nc2ccccc21. The van der Waals surface area contributed by atoms with E-state index in [1.54, 1.807) is 11.0 Å². The fourth-order valence-corrected chi connectivity index (χ4v) is 3.12. The number of nitrogens with two attached hydrogens (primary N) is 1. The van der Waals surface area contributed by atoms with Crippen LogP contribution in [0.2, 0.25) is 0 Å². The van der Waals surface area contributed by atoms with Crippen LogP contribution in [0.3, 0.4) is 0 Å². The minimum absolute atomic E-state index is 0. The molecule has 2 amide bonds. The number of hydrogen-bond donors (Lipinski definition) is 2. The monoisotopic (exact) mass is 388 g/mol.